The first-order valence-corrected chi connectivity index (χ1v) is 15.1. The summed E-state index contributed by atoms with van der Waals surface area (Å²) in [7, 11) is 6.28. The highest BCUT2D eigenvalue weighted by atomic mass is 16.5. The number of nitrogens with zero attached hydrogens (tertiary/aromatic N) is 2. The maximum atomic E-state index is 13.1. The van der Waals surface area contributed by atoms with Crippen molar-refractivity contribution in [3.05, 3.63) is 53.6 Å². The van der Waals surface area contributed by atoms with Crippen LogP contribution in [0.2, 0.25) is 0 Å². The first kappa shape index (κ1) is 31.8. The van der Waals surface area contributed by atoms with E-state index in [1.54, 1.807) is 52.7 Å². The SMILES string of the molecule is COc1cc2c(cc1OCCC(C)(C)COc1ccc(Oc3cc(OC)c(OC)c(OC)c3)c(C)c1)N=CC1CCCN1C2=O. The van der Waals surface area contributed by atoms with E-state index in [0.29, 0.717) is 64.7 Å². The van der Waals surface area contributed by atoms with Gasteiger partial charge in [0, 0.05) is 36.4 Å². The fourth-order valence-electron chi connectivity index (χ4n) is 5.48. The van der Waals surface area contributed by atoms with Crippen molar-refractivity contribution in [3.8, 4) is 46.0 Å². The van der Waals surface area contributed by atoms with Crippen LogP contribution >= 0.6 is 0 Å². The van der Waals surface area contributed by atoms with Gasteiger partial charge in [-0.05, 0) is 56.0 Å². The maximum absolute atomic E-state index is 13.1. The predicted octanol–water partition coefficient (Wildman–Crippen LogP) is 7.02. The highest BCUT2D eigenvalue weighted by Crippen LogP contribution is 2.43. The standard InChI is InChI=1S/C35H42N2O8/c1-22-15-24(10-11-28(22)45-25-16-31(40-5)33(42-7)32(17-25)41-6)44-21-35(2,3)12-14-43-30-19-27-26(18-29(30)39-4)34(38)37-13-8-9-23(37)20-36-27/h10-11,15-20,23H,8-9,12-14,21H2,1-7H3. The normalized spacial score (nSPS) is 15.6. The second-order valence-corrected chi connectivity index (χ2v) is 11.9. The van der Waals surface area contributed by atoms with Crippen molar-refractivity contribution in [2.75, 3.05) is 48.2 Å². The summed E-state index contributed by atoms with van der Waals surface area (Å²) >= 11 is 0. The lowest BCUT2D eigenvalue weighted by Crippen LogP contribution is -2.35. The molecule has 1 fully saturated rings. The molecule has 0 N–H and O–H groups in total. The van der Waals surface area contributed by atoms with Crippen LogP contribution in [0.1, 0.15) is 49.0 Å². The van der Waals surface area contributed by atoms with Gasteiger partial charge < -0.3 is 38.1 Å². The topological polar surface area (TPSA) is 97.3 Å². The number of hydrogen-bond donors (Lipinski definition) is 0. The molecule has 0 bridgehead atoms. The van der Waals surface area contributed by atoms with Crippen molar-refractivity contribution in [3.63, 3.8) is 0 Å². The molecule has 0 radical (unpaired) electrons. The molecule has 1 saturated heterocycles. The third kappa shape index (κ3) is 7.05. The summed E-state index contributed by atoms with van der Waals surface area (Å²) in [5, 5.41) is 0. The van der Waals surface area contributed by atoms with E-state index in [9.17, 15) is 4.79 Å². The number of benzene rings is 3. The quantitative estimate of drug-likeness (QED) is 0.202. The Morgan fingerprint density at radius 3 is 2.24 bits per heavy atom. The van der Waals surface area contributed by atoms with Crippen LogP contribution in [0.15, 0.2) is 47.5 Å². The molecule has 1 amide bonds. The number of aliphatic imine (C=N–C) groups is 1. The molecule has 3 aromatic carbocycles. The van der Waals surface area contributed by atoms with Crippen LogP contribution in [0.3, 0.4) is 0 Å². The van der Waals surface area contributed by atoms with Crippen LogP contribution in [0.5, 0.6) is 46.0 Å². The van der Waals surface area contributed by atoms with Crippen LogP contribution in [0, 0.1) is 12.3 Å². The summed E-state index contributed by atoms with van der Waals surface area (Å²) in [5.41, 5.74) is 1.89. The average Bonchev–Trinajstić information content (AvgIpc) is 3.47. The molecule has 240 valence electrons. The molecule has 10 heteroatoms. The predicted molar refractivity (Wildman–Crippen MR) is 172 cm³/mol. The minimum absolute atomic E-state index is 0.0100. The highest BCUT2D eigenvalue weighted by molar-refractivity contribution is 6.03. The Morgan fingerprint density at radius 2 is 1.58 bits per heavy atom. The first-order chi connectivity index (χ1) is 21.7. The van der Waals surface area contributed by atoms with Gasteiger partial charge in [0.1, 0.15) is 17.2 Å². The third-order valence-electron chi connectivity index (χ3n) is 8.14. The van der Waals surface area contributed by atoms with Crippen molar-refractivity contribution in [1.82, 2.24) is 4.90 Å². The van der Waals surface area contributed by atoms with E-state index in [4.69, 9.17) is 33.2 Å². The molecule has 10 nitrogen and oxygen atoms in total. The Balaban J connectivity index is 1.18. The Labute approximate surface area is 264 Å². The maximum Gasteiger partial charge on any atom is 0.256 e. The van der Waals surface area contributed by atoms with Crippen molar-refractivity contribution in [2.24, 2.45) is 10.4 Å². The van der Waals surface area contributed by atoms with Gasteiger partial charge in [-0.15, -0.1) is 0 Å². The number of ether oxygens (including phenoxy) is 7. The molecule has 3 aromatic rings. The number of rotatable bonds is 13. The Morgan fingerprint density at radius 1 is 0.844 bits per heavy atom. The molecule has 2 aliphatic heterocycles. The van der Waals surface area contributed by atoms with Crippen LogP contribution in [-0.2, 0) is 0 Å². The number of aryl methyl sites for hydroxylation is 1. The van der Waals surface area contributed by atoms with E-state index in [1.165, 1.54) is 0 Å². The zero-order chi connectivity index (χ0) is 32.1. The largest absolute Gasteiger partial charge is 0.493 e. The van der Waals surface area contributed by atoms with Crippen LogP contribution < -0.4 is 33.2 Å². The monoisotopic (exact) mass is 618 g/mol. The third-order valence-corrected chi connectivity index (χ3v) is 8.14. The lowest BCUT2D eigenvalue weighted by Gasteiger charge is -2.25. The van der Waals surface area contributed by atoms with Gasteiger partial charge in [-0.3, -0.25) is 9.79 Å². The van der Waals surface area contributed by atoms with Crippen LogP contribution in [-0.4, -0.2) is 71.3 Å². The number of hydrogen-bond acceptors (Lipinski definition) is 9. The number of fused-ring (bicyclic) bond motifs is 2. The van der Waals surface area contributed by atoms with Crippen molar-refractivity contribution in [2.45, 2.75) is 46.1 Å². The minimum atomic E-state index is -0.183. The number of carbonyl (C=O) groups is 1. The molecule has 45 heavy (non-hydrogen) atoms. The molecular formula is C35H42N2O8. The summed E-state index contributed by atoms with van der Waals surface area (Å²) in [6, 6.07) is 12.8. The summed E-state index contributed by atoms with van der Waals surface area (Å²) in [6.07, 6.45) is 4.53. The highest BCUT2D eigenvalue weighted by Gasteiger charge is 2.32. The second kappa shape index (κ2) is 13.6. The zero-order valence-corrected chi connectivity index (χ0v) is 27.1. The molecule has 1 atom stereocenters. The van der Waals surface area contributed by atoms with E-state index >= 15 is 0 Å². The van der Waals surface area contributed by atoms with Crippen molar-refractivity contribution in [1.29, 1.82) is 0 Å². The van der Waals surface area contributed by atoms with Gasteiger partial charge in [0.15, 0.2) is 23.0 Å². The van der Waals surface area contributed by atoms with Crippen LogP contribution in [0.25, 0.3) is 0 Å². The summed E-state index contributed by atoms with van der Waals surface area (Å²) in [5.74, 6) is 4.60. The zero-order valence-electron chi connectivity index (χ0n) is 27.1. The fourth-order valence-corrected chi connectivity index (χ4v) is 5.48. The first-order valence-electron chi connectivity index (χ1n) is 15.1. The van der Waals surface area contributed by atoms with Crippen molar-refractivity contribution >= 4 is 17.8 Å². The molecule has 0 aromatic heterocycles. The molecule has 1 unspecified atom stereocenters. The van der Waals surface area contributed by atoms with Gasteiger partial charge in [0.2, 0.25) is 5.75 Å². The summed E-state index contributed by atoms with van der Waals surface area (Å²) in [4.78, 5) is 19.6. The Kier molecular flexibility index (Phi) is 9.60. The lowest BCUT2D eigenvalue weighted by molar-refractivity contribution is 0.0774. The summed E-state index contributed by atoms with van der Waals surface area (Å²) in [6.45, 7) is 7.91. The van der Waals surface area contributed by atoms with Gasteiger partial charge >= 0.3 is 0 Å². The molecule has 2 aliphatic rings. The van der Waals surface area contributed by atoms with E-state index in [2.05, 4.69) is 18.8 Å². The van der Waals surface area contributed by atoms with E-state index < -0.39 is 0 Å². The molecule has 2 heterocycles. The summed E-state index contributed by atoms with van der Waals surface area (Å²) < 4.78 is 40.4. The van der Waals surface area contributed by atoms with Gasteiger partial charge in [-0.25, -0.2) is 0 Å². The average molecular weight is 619 g/mol. The molecular weight excluding hydrogens is 576 g/mol. The van der Waals surface area contributed by atoms with Crippen LogP contribution in [0.4, 0.5) is 5.69 Å². The Hall–Kier alpha value is -4.60. The van der Waals surface area contributed by atoms with Gasteiger partial charge in [-0.2, -0.15) is 0 Å². The molecule has 5 rings (SSSR count). The lowest BCUT2D eigenvalue weighted by atomic mass is 9.91. The van der Waals surface area contributed by atoms with Gasteiger partial charge in [0.25, 0.3) is 5.91 Å². The van der Waals surface area contributed by atoms with Gasteiger partial charge in [0.05, 0.1) is 58.9 Å². The smallest absolute Gasteiger partial charge is 0.256 e. The number of methoxy groups -OCH3 is 4. The molecule has 0 aliphatic carbocycles. The number of carbonyl (C=O) groups excluding carboxylic acids is 1. The fraction of sp³-hybridized carbons (Fsp3) is 0.429. The Bertz CT molecular complexity index is 1540. The van der Waals surface area contributed by atoms with E-state index in [1.807, 2.05) is 36.2 Å². The minimum Gasteiger partial charge on any atom is -0.493 e. The van der Waals surface area contributed by atoms with E-state index in [0.717, 1.165) is 37.1 Å². The van der Waals surface area contributed by atoms with E-state index in [-0.39, 0.29) is 17.4 Å². The van der Waals surface area contributed by atoms with Crippen molar-refractivity contribution < 1.29 is 38.0 Å². The molecule has 0 spiro atoms. The second-order valence-electron chi connectivity index (χ2n) is 11.9. The van der Waals surface area contributed by atoms with Gasteiger partial charge in [-0.1, -0.05) is 13.8 Å². The number of amides is 1. The molecule has 0 saturated carbocycles.